The van der Waals surface area contributed by atoms with Gasteiger partial charge in [0.1, 0.15) is 0 Å². The molecule has 1 unspecified atom stereocenters. The zero-order chi connectivity index (χ0) is 22.1. The third-order valence-electron chi connectivity index (χ3n) is 5.63. The number of halogens is 1. The molecule has 3 rings (SSSR count). The van der Waals surface area contributed by atoms with Crippen LogP contribution in [0.25, 0.3) is 0 Å². The quantitative estimate of drug-likeness (QED) is 0.485. The van der Waals surface area contributed by atoms with Crippen LogP contribution in [0.1, 0.15) is 22.7 Å². The Kier molecular flexibility index (Phi) is 9.15. The molecule has 0 spiro atoms. The first-order valence-electron chi connectivity index (χ1n) is 10.8. The van der Waals surface area contributed by atoms with Crippen LogP contribution in [0.5, 0.6) is 0 Å². The van der Waals surface area contributed by atoms with Crippen molar-refractivity contribution in [2.24, 2.45) is 4.99 Å². The van der Waals surface area contributed by atoms with Crippen molar-refractivity contribution < 1.29 is 4.74 Å². The monoisotopic (exact) mass is 443 g/mol. The highest BCUT2D eigenvalue weighted by Gasteiger charge is 2.15. The first-order chi connectivity index (χ1) is 15.1. The van der Waals surface area contributed by atoms with Gasteiger partial charge in [-0.1, -0.05) is 48.0 Å². The molecule has 2 aromatic rings. The second kappa shape index (κ2) is 12.1. The summed E-state index contributed by atoms with van der Waals surface area (Å²) in [5, 5.41) is 7.70. The molecule has 1 heterocycles. The van der Waals surface area contributed by atoms with Crippen LogP contribution < -0.4 is 10.6 Å². The van der Waals surface area contributed by atoms with Crippen LogP contribution in [0.3, 0.4) is 0 Å². The highest BCUT2D eigenvalue weighted by molar-refractivity contribution is 6.30. The lowest BCUT2D eigenvalue weighted by atomic mass is 10.1. The Morgan fingerprint density at radius 3 is 2.39 bits per heavy atom. The van der Waals surface area contributed by atoms with E-state index in [2.05, 4.69) is 75.9 Å². The van der Waals surface area contributed by atoms with Gasteiger partial charge in [0.2, 0.25) is 0 Å². The Hall–Kier alpha value is -2.12. The van der Waals surface area contributed by atoms with E-state index in [0.29, 0.717) is 0 Å². The minimum absolute atomic E-state index is 0.212. The summed E-state index contributed by atoms with van der Waals surface area (Å²) in [4.78, 5) is 9.06. The van der Waals surface area contributed by atoms with E-state index in [1.54, 1.807) is 0 Å². The number of benzene rings is 2. The third kappa shape index (κ3) is 7.21. The van der Waals surface area contributed by atoms with Crippen LogP contribution in [-0.4, -0.2) is 69.8 Å². The summed E-state index contributed by atoms with van der Waals surface area (Å²) in [5.41, 5.74) is 3.85. The van der Waals surface area contributed by atoms with Crippen molar-refractivity contribution in [3.05, 3.63) is 70.2 Å². The number of aliphatic imine (C=N–C) groups is 1. The fourth-order valence-corrected chi connectivity index (χ4v) is 3.89. The summed E-state index contributed by atoms with van der Waals surface area (Å²) < 4.78 is 5.47. The van der Waals surface area contributed by atoms with Crippen molar-refractivity contribution in [3.8, 4) is 0 Å². The minimum Gasteiger partial charge on any atom is -0.379 e. The van der Waals surface area contributed by atoms with E-state index in [1.165, 1.54) is 16.7 Å². The molecule has 7 heteroatoms. The molecule has 2 N–H and O–H groups in total. The molecule has 1 aliphatic rings. The van der Waals surface area contributed by atoms with E-state index in [4.69, 9.17) is 16.3 Å². The fourth-order valence-electron chi connectivity index (χ4n) is 3.76. The molecular weight excluding hydrogens is 410 g/mol. The number of rotatable bonds is 8. The lowest BCUT2D eigenvalue weighted by molar-refractivity contribution is 0.0341. The van der Waals surface area contributed by atoms with Gasteiger partial charge in [-0.3, -0.25) is 9.89 Å². The number of likely N-dealkylation sites (N-methyl/N-ethyl adjacent to an activating group) is 1. The van der Waals surface area contributed by atoms with Gasteiger partial charge < -0.3 is 20.3 Å². The third-order valence-corrected chi connectivity index (χ3v) is 5.88. The highest BCUT2D eigenvalue weighted by Crippen LogP contribution is 2.20. The molecule has 1 aliphatic heterocycles. The van der Waals surface area contributed by atoms with Crippen LogP contribution in [0.2, 0.25) is 5.02 Å². The molecule has 0 aliphatic carbocycles. The molecule has 2 aromatic carbocycles. The number of nitrogens with one attached hydrogen (secondary N) is 2. The largest absolute Gasteiger partial charge is 0.379 e. The van der Waals surface area contributed by atoms with Crippen molar-refractivity contribution in [3.63, 3.8) is 0 Å². The maximum absolute atomic E-state index is 6.05. The number of ether oxygens (including phenoxy) is 1. The van der Waals surface area contributed by atoms with Crippen molar-refractivity contribution in [1.82, 2.24) is 20.4 Å². The minimum atomic E-state index is 0.212. The molecule has 1 saturated heterocycles. The van der Waals surface area contributed by atoms with Gasteiger partial charge in [-0.05, 0) is 42.9 Å². The van der Waals surface area contributed by atoms with Gasteiger partial charge in [-0.25, -0.2) is 0 Å². The van der Waals surface area contributed by atoms with Crippen molar-refractivity contribution in [2.45, 2.75) is 19.1 Å². The molecule has 0 amide bonds. The van der Waals surface area contributed by atoms with E-state index >= 15 is 0 Å². The Balaban J connectivity index is 1.57. The Labute approximate surface area is 191 Å². The van der Waals surface area contributed by atoms with Crippen LogP contribution in [-0.2, 0) is 17.8 Å². The summed E-state index contributed by atoms with van der Waals surface area (Å²) >= 11 is 6.05. The number of hydrogen-bond donors (Lipinski definition) is 2. The maximum atomic E-state index is 6.05. The van der Waals surface area contributed by atoms with Gasteiger partial charge in [0.05, 0.1) is 19.3 Å². The van der Waals surface area contributed by atoms with Gasteiger partial charge in [-0.15, -0.1) is 0 Å². The van der Waals surface area contributed by atoms with Gasteiger partial charge in [0, 0.05) is 44.8 Å². The van der Waals surface area contributed by atoms with Gasteiger partial charge in [-0.2, -0.15) is 0 Å². The zero-order valence-corrected chi connectivity index (χ0v) is 19.5. The Morgan fingerprint density at radius 1 is 1.06 bits per heavy atom. The number of morpholine rings is 1. The van der Waals surface area contributed by atoms with Crippen LogP contribution >= 0.6 is 11.6 Å². The molecule has 1 atom stereocenters. The van der Waals surface area contributed by atoms with E-state index in [9.17, 15) is 0 Å². The zero-order valence-electron chi connectivity index (χ0n) is 18.8. The average Bonchev–Trinajstić information content (AvgIpc) is 2.78. The van der Waals surface area contributed by atoms with E-state index in [0.717, 1.165) is 56.9 Å². The van der Waals surface area contributed by atoms with Crippen LogP contribution in [0.4, 0.5) is 0 Å². The predicted octanol–water partition coefficient (Wildman–Crippen LogP) is 3.14. The van der Waals surface area contributed by atoms with Crippen molar-refractivity contribution in [2.75, 3.05) is 54.0 Å². The first-order valence-corrected chi connectivity index (χ1v) is 11.2. The molecule has 31 heavy (non-hydrogen) atoms. The molecule has 6 nitrogen and oxygen atoms in total. The lowest BCUT2D eigenvalue weighted by Gasteiger charge is -2.28. The summed E-state index contributed by atoms with van der Waals surface area (Å²) in [6.45, 7) is 6.03. The van der Waals surface area contributed by atoms with E-state index in [-0.39, 0.29) is 6.04 Å². The van der Waals surface area contributed by atoms with Crippen LogP contribution in [0, 0.1) is 0 Å². The number of nitrogens with zero attached hydrogens (tertiary/aromatic N) is 3. The normalized spacial score (nSPS) is 16.4. The Bertz CT molecular complexity index is 834. The molecule has 1 fully saturated rings. The molecule has 0 radical (unpaired) electrons. The molecule has 0 aromatic heterocycles. The second-order valence-corrected chi connectivity index (χ2v) is 8.43. The maximum Gasteiger partial charge on any atom is 0.191 e. The highest BCUT2D eigenvalue weighted by atomic mass is 35.5. The Morgan fingerprint density at radius 2 is 1.74 bits per heavy atom. The smallest absolute Gasteiger partial charge is 0.191 e. The molecular formula is C24H34ClN5O. The number of hydrogen-bond acceptors (Lipinski definition) is 4. The number of guanidine groups is 1. The topological polar surface area (TPSA) is 52.1 Å². The van der Waals surface area contributed by atoms with E-state index < -0.39 is 0 Å². The standard InChI is InChI=1S/C24H34ClN5O/c1-26-24(28-17-23(29(2)3)19-8-10-22(25)11-9-19)27-16-20-6-4-5-7-21(20)18-30-12-14-31-15-13-30/h4-11,23H,12-18H2,1-3H3,(H2,26,27,28). The first kappa shape index (κ1) is 23.5. The van der Waals surface area contributed by atoms with Crippen molar-refractivity contribution >= 4 is 17.6 Å². The van der Waals surface area contributed by atoms with Crippen LogP contribution in [0.15, 0.2) is 53.5 Å². The van der Waals surface area contributed by atoms with Crippen molar-refractivity contribution in [1.29, 1.82) is 0 Å². The molecule has 0 saturated carbocycles. The molecule has 168 valence electrons. The fraction of sp³-hybridized carbons (Fsp3) is 0.458. The average molecular weight is 444 g/mol. The lowest BCUT2D eigenvalue weighted by Crippen LogP contribution is -2.41. The summed E-state index contributed by atoms with van der Waals surface area (Å²) in [5.74, 6) is 0.794. The van der Waals surface area contributed by atoms with Gasteiger partial charge >= 0.3 is 0 Å². The second-order valence-electron chi connectivity index (χ2n) is 7.99. The van der Waals surface area contributed by atoms with Gasteiger partial charge in [0.25, 0.3) is 0 Å². The summed E-state index contributed by atoms with van der Waals surface area (Å²) in [6, 6.07) is 16.8. The summed E-state index contributed by atoms with van der Waals surface area (Å²) in [6.07, 6.45) is 0. The predicted molar refractivity (Wildman–Crippen MR) is 129 cm³/mol. The van der Waals surface area contributed by atoms with E-state index in [1.807, 2.05) is 19.2 Å². The van der Waals surface area contributed by atoms with Gasteiger partial charge in [0.15, 0.2) is 5.96 Å². The summed E-state index contributed by atoms with van der Waals surface area (Å²) in [7, 11) is 5.97. The SMILES string of the molecule is CN=C(NCc1ccccc1CN1CCOCC1)NCC(c1ccc(Cl)cc1)N(C)C. The molecule has 0 bridgehead atoms.